The van der Waals surface area contributed by atoms with E-state index in [0.29, 0.717) is 22.9 Å². The van der Waals surface area contributed by atoms with E-state index < -0.39 is 20.0 Å². The Morgan fingerprint density at radius 2 is 0.857 bits per heavy atom. The van der Waals surface area contributed by atoms with Gasteiger partial charge in [-0.05, 0) is 136 Å². The third-order valence-corrected chi connectivity index (χ3v) is 15.6. The lowest BCUT2D eigenvalue weighted by Crippen LogP contribution is -2.44. The summed E-state index contributed by atoms with van der Waals surface area (Å²) in [6.45, 7) is 0. The minimum absolute atomic E-state index is 0. The predicted octanol–water partition coefficient (Wildman–Crippen LogP) is 5.98. The monoisotopic (exact) mass is 748 g/mol. The topological polar surface area (TPSA) is 209 Å². The Morgan fingerprint density at radius 3 is 1.14 bits per heavy atom. The van der Waals surface area contributed by atoms with Gasteiger partial charge in [-0.3, -0.25) is 0 Å². The maximum atomic E-state index is 11.7. The molecule has 11 nitrogen and oxygen atoms in total. The Morgan fingerprint density at radius 1 is 0.551 bits per heavy atom. The normalized spacial score (nSPS) is 34.3. The van der Waals surface area contributed by atoms with Crippen molar-refractivity contribution in [1.82, 2.24) is 19.9 Å². The molecule has 8 N–H and O–H groups in total. The first-order chi connectivity index (χ1) is 22.8. The maximum absolute atomic E-state index is 11.7. The fourth-order valence-electron chi connectivity index (χ4n) is 11.6. The van der Waals surface area contributed by atoms with Crippen molar-refractivity contribution in [1.29, 1.82) is 0 Å². The summed E-state index contributed by atoms with van der Waals surface area (Å²) in [6.07, 6.45) is 13.4. The number of H-pyrrole nitrogens is 2. The first kappa shape index (κ1) is 33.9. The minimum Gasteiger partial charge on any atom is -0.412 e. The van der Waals surface area contributed by atoms with E-state index in [0.717, 1.165) is 70.0 Å². The molecule has 0 spiro atoms. The van der Waals surface area contributed by atoms with Crippen molar-refractivity contribution in [3.8, 4) is 0 Å². The van der Waals surface area contributed by atoms with Gasteiger partial charge in [-0.2, -0.15) is 0 Å². The van der Waals surface area contributed by atoms with Gasteiger partial charge >= 0.3 is 0 Å². The van der Waals surface area contributed by atoms with Gasteiger partial charge in [-0.15, -0.1) is 0 Å². The number of sulfonamides is 2. The van der Waals surface area contributed by atoms with Crippen LogP contribution < -0.4 is 10.3 Å². The number of imidazole rings is 2. The molecule has 0 atom stereocenters. The minimum atomic E-state index is -3.84. The zero-order valence-electron chi connectivity index (χ0n) is 26.9. The standard InChI is InChI=1S/2C17H20ClN3O2S.H2O/c2*18-12-6-13-14(7-15(12)24(19,22)23)21-17(20-13)16-10-2-8-1-9(4-10)5-11(16)3-8;/h2*6-11,16H,1-5H2,(H,20,21)(H2,19,22,23);1H2. The summed E-state index contributed by atoms with van der Waals surface area (Å²) in [6, 6.07) is 6.23. The SMILES string of the molecule is NS(=O)(=O)c1cc2[nH]c(C3C4CC5CC(C4)CC3C5)nc2cc1Cl.NS(=O)(=O)c1cc2[nH]c(C3C4CC5CC(C4)CC3C5)nc2cc1Cl.O. The highest BCUT2D eigenvalue weighted by Crippen LogP contribution is 2.60. The fourth-order valence-corrected chi connectivity index (χ4v) is 13.7. The third kappa shape index (κ3) is 5.90. The molecule has 0 unspecified atom stereocenters. The molecule has 8 bridgehead atoms. The lowest BCUT2D eigenvalue weighted by molar-refractivity contribution is -0.00535. The predicted molar refractivity (Wildman–Crippen MR) is 188 cm³/mol. The summed E-state index contributed by atoms with van der Waals surface area (Å²) in [7, 11) is -7.67. The van der Waals surface area contributed by atoms with E-state index in [1.54, 1.807) is 12.1 Å². The summed E-state index contributed by atoms with van der Waals surface area (Å²) in [5.74, 6) is 9.47. The molecule has 0 saturated heterocycles. The van der Waals surface area contributed by atoms with Gasteiger partial charge in [0.25, 0.3) is 0 Å². The molecule has 8 fully saturated rings. The van der Waals surface area contributed by atoms with Crippen LogP contribution >= 0.6 is 23.2 Å². The van der Waals surface area contributed by atoms with E-state index in [4.69, 9.17) is 43.4 Å². The molecule has 2 heterocycles. The van der Waals surface area contributed by atoms with Gasteiger partial charge in [0.05, 0.1) is 32.1 Å². The van der Waals surface area contributed by atoms with Crippen LogP contribution in [0, 0.1) is 47.3 Å². The van der Waals surface area contributed by atoms with Crippen LogP contribution in [0.2, 0.25) is 10.0 Å². The van der Waals surface area contributed by atoms with Crippen molar-refractivity contribution in [2.45, 2.75) is 85.8 Å². The molecule has 12 rings (SSSR count). The van der Waals surface area contributed by atoms with E-state index in [9.17, 15) is 16.8 Å². The zero-order valence-corrected chi connectivity index (χ0v) is 30.1. The largest absolute Gasteiger partial charge is 0.412 e. The van der Waals surface area contributed by atoms with Gasteiger partial charge in [0.2, 0.25) is 20.0 Å². The van der Waals surface area contributed by atoms with Crippen molar-refractivity contribution in [2.24, 2.45) is 57.6 Å². The molecule has 264 valence electrons. The summed E-state index contributed by atoms with van der Waals surface area (Å²) in [5, 5.41) is 10.8. The van der Waals surface area contributed by atoms with Crippen molar-refractivity contribution in [3.05, 3.63) is 46.0 Å². The van der Waals surface area contributed by atoms with Crippen LogP contribution in [0.15, 0.2) is 34.1 Å². The quantitative estimate of drug-likeness (QED) is 0.197. The van der Waals surface area contributed by atoms with Crippen LogP contribution in [0.25, 0.3) is 22.1 Å². The lowest BCUT2D eigenvalue weighted by Gasteiger charge is -2.53. The molecule has 8 saturated carbocycles. The average Bonchev–Trinajstić information content (AvgIpc) is 3.57. The van der Waals surface area contributed by atoms with Crippen LogP contribution in [0.4, 0.5) is 0 Å². The van der Waals surface area contributed by atoms with Crippen LogP contribution in [0.5, 0.6) is 0 Å². The number of nitrogens with two attached hydrogens (primary N) is 2. The van der Waals surface area contributed by atoms with E-state index in [1.165, 1.54) is 76.3 Å². The van der Waals surface area contributed by atoms with Crippen molar-refractivity contribution in [2.75, 3.05) is 0 Å². The first-order valence-corrected chi connectivity index (χ1v) is 21.1. The Bertz CT molecular complexity index is 1970. The Kier molecular flexibility index (Phi) is 8.22. The average molecular weight is 750 g/mol. The summed E-state index contributed by atoms with van der Waals surface area (Å²) in [5.41, 5.74) is 2.84. The number of rotatable bonds is 4. The molecular formula is C34H42Cl2N6O5S2. The second-order valence-electron chi connectivity index (χ2n) is 15.8. The Balaban J connectivity index is 0.000000139. The van der Waals surface area contributed by atoms with E-state index in [1.807, 2.05) is 0 Å². The molecule has 15 heteroatoms. The van der Waals surface area contributed by atoms with Crippen LogP contribution in [0.1, 0.15) is 87.7 Å². The highest BCUT2D eigenvalue weighted by Gasteiger charge is 2.51. The molecule has 2 aromatic carbocycles. The highest BCUT2D eigenvalue weighted by atomic mass is 35.5. The molecule has 8 aliphatic rings. The number of primary sulfonamides is 2. The molecule has 0 radical (unpaired) electrons. The van der Waals surface area contributed by atoms with Gasteiger partial charge < -0.3 is 15.4 Å². The first-order valence-electron chi connectivity index (χ1n) is 17.2. The number of hydrogen-bond acceptors (Lipinski definition) is 6. The van der Waals surface area contributed by atoms with Crippen LogP contribution in [0.3, 0.4) is 0 Å². The van der Waals surface area contributed by atoms with Crippen LogP contribution in [-0.2, 0) is 20.0 Å². The van der Waals surface area contributed by atoms with Crippen molar-refractivity contribution in [3.63, 3.8) is 0 Å². The second kappa shape index (κ2) is 11.9. The number of nitrogens with one attached hydrogen (secondary N) is 2. The molecule has 8 aliphatic carbocycles. The third-order valence-electron chi connectivity index (χ3n) is 12.8. The molecule has 2 aromatic heterocycles. The number of nitrogens with zero attached hydrogens (tertiary/aromatic N) is 2. The second-order valence-corrected chi connectivity index (χ2v) is 19.7. The molecule has 0 amide bonds. The van der Waals surface area contributed by atoms with Gasteiger partial charge in [-0.1, -0.05) is 23.2 Å². The summed E-state index contributed by atoms with van der Waals surface area (Å²) < 4.78 is 46.7. The van der Waals surface area contributed by atoms with Gasteiger partial charge in [0.1, 0.15) is 21.4 Å². The van der Waals surface area contributed by atoms with E-state index in [-0.39, 0.29) is 25.3 Å². The summed E-state index contributed by atoms with van der Waals surface area (Å²) >= 11 is 12.2. The van der Waals surface area contributed by atoms with E-state index >= 15 is 0 Å². The van der Waals surface area contributed by atoms with Crippen molar-refractivity contribution < 1.29 is 22.3 Å². The maximum Gasteiger partial charge on any atom is 0.239 e. The van der Waals surface area contributed by atoms with Gasteiger partial charge in [-0.25, -0.2) is 37.1 Å². The molecule has 4 aromatic rings. The molecular weight excluding hydrogens is 707 g/mol. The Hall–Kier alpha value is -2.26. The fraction of sp³-hybridized carbons (Fsp3) is 0.588. The zero-order chi connectivity index (χ0) is 33.3. The number of benzene rings is 2. The number of aromatic amines is 2. The number of halogens is 2. The summed E-state index contributed by atoms with van der Waals surface area (Å²) in [4.78, 5) is 16.2. The highest BCUT2D eigenvalue weighted by molar-refractivity contribution is 7.89. The molecule has 0 aliphatic heterocycles. The number of hydrogen-bond donors (Lipinski definition) is 4. The number of aromatic nitrogens is 4. The Labute approximate surface area is 295 Å². The number of fused-ring (bicyclic) bond motifs is 2. The van der Waals surface area contributed by atoms with E-state index in [2.05, 4.69) is 9.97 Å². The molecule has 49 heavy (non-hydrogen) atoms. The van der Waals surface area contributed by atoms with Crippen LogP contribution in [-0.4, -0.2) is 42.2 Å². The van der Waals surface area contributed by atoms with Gasteiger partial charge in [0.15, 0.2) is 0 Å². The smallest absolute Gasteiger partial charge is 0.239 e. The van der Waals surface area contributed by atoms with Crippen molar-refractivity contribution >= 4 is 65.3 Å². The lowest BCUT2D eigenvalue weighted by atomic mass is 9.52. The van der Waals surface area contributed by atoms with Gasteiger partial charge in [0, 0.05) is 11.8 Å².